The number of hydrogen-bond acceptors (Lipinski definition) is 2. The summed E-state index contributed by atoms with van der Waals surface area (Å²) in [5, 5.41) is 0. The van der Waals surface area contributed by atoms with Crippen molar-refractivity contribution < 1.29 is 9.59 Å². The van der Waals surface area contributed by atoms with E-state index in [1.54, 1.807) is 0 Å². The SMILES string of the molecule is CC(C)(C)CC(=O)C(C)(C)C.CC(C)(C)CC(=O)CC(C)(C)C. The summed E-state index contributed by atoms with van der Waals surface area (Å²) in [5.74, 6) is 0.736. The minimum absolute atomic E-state index is 0.129. The highest BCUT2D eigenvalue weighted by Gasteiger charge is 2.25. The largest absolute Gasteiger partial charge is 0.300 e. The molecule has 0 bridgehead atoms. The minimum Gasteiger partial charge on any atom is -0.300 e. The third kappa shape index (κ3) is 19.3. The molecule has 0 unspecified atom stereocenters. The predicted molar refractivity (Wildman–Crippen MR) is 102 cm³/mol. The van der Waals surface area contributed by atoms with Gasteiger partial charge in [0, 0.05) is 24.7 Å². The Morgan fingerprint density at radius 1 is 0.522 bits per heavy atom. The van der Waals surface area contributed by atoms with Crippen molar-refractivity contribution >= 4 is 11.6 Å². The lowest BCUT2D eigenvalue weighted by Gasteiger charge is -2.23. The normalized spacial score (nSPS) is 13.2. The van der Waals surface area contributed by atoms with Crippen molar-refractivity contribution in [2.45, 2.75) is 102 Å². The van der Waals surface area contributed by atoms with E-state index in [4.69, 9.17) is 0 Å². The number of hydrogen-bond donors (Lipinski definition) is 0. The van der Waals surface area contributed by atoms with Crippen molar-refractivity contribution in [3.05, 3.63) is 0 Å². The monoisotopic (exact) mass is 326 g/mol. The first-order valence-electron chi connectivity index (χ1n) is 8.78. The summed E-state index contributed by atoms with van der Waals surface area (Å²) in [6, 6.07) is 0. The zero-order valence-corrected chi connectivity index (χ0v) is 17.9. The zero-order valence-electron chi connectivity index (χ0n) is 17.9. The topological polar surface area (TPSA) is 34.1 Å². The Balaban J connectivity index is 0. The Bertz CT molecular complexity index is 358. The van der Waals surface area contributed by atoms with E-state index >= 15 is 0 Å². The van der Waals surface area contributed by atoms with Crippen LogP contribution in [0.25, 0.3) is 0 Å². The lowest BCUT2D eigenvalue weighted by Crippen LogP contribution is -2.25. The fourth-order valence-electron chi connectivity index (χ4n) is 1.99. The smallest absolute Gasteiger partial charge is 0.138 e. The second kappa shape index (κ2) is 8.44. The van der Waals surface area contributed by atoms with Gasteiger partial charge in [-0.05, 0) is 16.2 Å². The molecule has 0 aromatic rings. The van der Waals surface area contributed by atoms with Crippen LogP contribution in [0, 0.1) is 21.7 Å². The lowest BCUT2D eigenvalue weighted by molar-refractivity contribution is -0.128. The average molecular weight is 327 g/mol. The van der Waals surface area contributed by atoms with Gasteiger partial charge < -0.3 is 0 Å². The van der Waals surface area contributed by atoms with Gasteiger partial charge in [-0.3, -0.25) is 9.59 Å². The molecule has 0 radical (unpaired) electrons. The lowest BCUT2D eigenvalue weighted by atomic mass is 9.80. The molecule has 0 spiro atoms. The number of carbonyl (C=O) groups excluding carboxylic acids is 2. The summed E-state index contributed by atoms with van der Waals surface area (Å²) >= 11 is 0. The molecule has 0 aromatic heterocycles. The zero-order chi connectivity index (χ0) is 19.3. The number of Topliss-reactive ketones (excluding diaryl/α,β-unsaturated/α-hetero) is 2. The van der Waals surface area contributed by atoms with Gasteiger partial charge in [0.1, 0.15) is 11.6 Å². The highest BCUT2D eigenvalue weighted by Crippen LogP contribution is 2.26. The predicted octanol–water partition coefficient (Wildman–Crippen LogP) is 6.47. The van der Waals surface area contributed by atoms with Crippen molar-refractivity contribution in [1.82, 2.24) is 0 Å². The molecule has 0 fully saturated rings. The molecule has 0 heterocycles. The van der Waals surface area contributed by atoms with Gasteiger partial charge in [0.2, 0.25) is 0 Å². The second-order valence-electron chi connectivity index (χ2n) is 11.4. The van der Waals surface area contributed by atoms with Gasteiger partial charge in [-0.1, -0.05) is 83.1 Å². The maximum absolute atomic E-state index is 11.5. The maximum Gasteiger partial charge on any atom is 0.138 e. The van der Waals surface area contributed by atoms with Crippen molar-refractivity contribution in [3.8, 4) is 0 Å². The summed E-state index contributed by atoms with van der Waals surface area (Å²) in [6.45, 7) is 24.8. The molecule has 23 heavy (non-hydrogen) atoms. The van der Waals surface area contributed by atoms with Crippen LogP contribution in [0.5, 0.6) is 0 Å². The molecule has 0 aliphatic carbocycles. The Kier molecular flexibility index (Phi) is 9.03. The minimum atomic E-state index is -0.173. The van der Waals surface area contributed by atoms with E-state index in [9.17, 15) is 9.59 Å². The van der Waals surface area contributed by atoms with Crippen LogP contribution in [0.2, 0.25) is 0 Å². The van der Waals surface area contributed by atoms with Crippen LogP contribution in [-0.2, 0) is 9.59 Å². The van der Waals surface area contributed by atoms with Gasteiger partial charge in [-0.2, -0.15) is 0 Å². The van der Waals surface area contributed by atoms with Crippen LogP contribution in [0.3, 0.4) is 0 Å². The third-order valence-corrected chi connectivity index (χ3v) is 2.98. The van der Waals surface area contributed by atoms with Gasteiger partial charge in [0.15, 0.2) is 0 Å². The molecule has 0 amide bonds. The molecular weight excluding hydrogens is 284 g/mol. The first kappa shape index (κ1) is 24.6. The van der Waals surface area contributed by atoms with E-state index in [0.717, 1.165) is 0 Å². The summed E-state index contributed by atoms with van der Waals surface area (Å²) in [6.07, 6.45) is 2.07. The molecule has 2 heteroatoms. The summed E-state index contributed by atoms with van der Waals surface area (Å²) < 4.78 is 0. The molecule has 0 aliphatic heterocycles. The number of ketones is 2. The molecule has 2 nitrogen and oxygen atoms in total. The van der Waals surface area contributed by atoms with E-state index in [1.165, 1.54) is 0 Å². The van der Waals surface area contributed by atoms with E-state index in [2.05, 4.69) is 62.3 Å². The fraction of sp³-hybridized carbons (Fsp3) is 0.905. The standard InChI is InChI=1S/C11H22O.C10H20O/c1-10(2,3)7-9(12)8-11(4,5)6;1-9(2,3)7-8(11)10(4,5)6/h7-8H2,1-6H3;7H2,1-6H3. The second-order valence-corrected chi connectivity index (χ2v) is 11.4. The van der Waals surface area contributed by atoms with Gasteiger partial charge >= 0.3 is 0 Å². The third-order valence-electron chi connectivity index (χ3n) is 2.98. The quantitative estimate of drug-likeness (QED) is 0.596. The van der Waals surface area contributed by atoms with Gasteiger partial charge in [-0.25, -0.2) is 0 Å². The maximum atomic E-state index is 11.5. The summed E-state index contributed by atoms with van der Waals surface area (Å²) in [4.78, 5) is 23.0. The average Bonchev–Trinajstić information content (AvgIpc) is 2.06. The molecular formula is C21H42O2. The first-order valence-corrected chi connectivity index (χ1v) is 8.78. The van der Waals surface area contributed by atoms with Crippen molar-refractivity contribution in [1.29, 1.82) is 0 Å². The van der Waals surface area contributed by atoms with Crippen LogP contribution in [-0.4, -0.2) is 11.6 Å². The Morgan fingerprint density at radius 3 is 0.913 bits per heavy atom. The molecule has 0 aliphatic rings. The van der Waals surface area contributed by atoms with Gasteiger partial charge in [-0.15, -0.1) is 0 Å². The molecule has 0 rings (SSSR count). The molecule has 0 aromatic carbocycles. The molecule has 0 saturated heterocycles. The van der Waals surface area contributed by atoms with E-state index in [-0.39, 0.29) is 21.7 Å². The molecule has 0 N–H and O–H groups in total. The highest BCUT2D eigenvalue weighted by atomic mass is 16.1. The van der Waals surface area contributed by atoms with Crippen LogP contribution in [0.1, 0.15) is 102 Å². The molecule has 138 valence electrons. The van der Waals surface area contributed by atoms with Gasteiger partial charge in [0.05, 0.1) is 0 Å². The number of carbonyl (C=O) groups is 2. The summed E-state index contributed by atoms with van der Waals surface area (Å²) in [5.41, 5.74) is 0.238. The van der Waals surface area contributed by atoms with E-state index < -0.39 is 0 Å². The van der Waals surface area contributed by atoms with Crippen molar-refractivity contribution in [2.24, 2.45) is 21.7 Å². The summed E-state index contributed by atoms with van der Waals surface area (Å²) in [7, 11) is 0. The van der Waals surface area contributed by atoms with E-state index in [1.807, 2.05) is 20.8 Å². The fourth-order valence-corrected chi connectivity index (χ4v) is 1.99. The van der Waals surface area contributed by atoms with Gasteiger partial charge in [0.25, 0.3) is 0 Å². The van der Waals surface area contributed by atoms with Crippen molar-refractivity contribution in [2.75, 3.05) is 0 Å². The van der Waals surface area contributed by atoms with Crippen molar-refractivity contribution in [3.63, 3.8) is 0 Å². The number of rotatable bonds is 3. The first-order chi connectivity index (χ1) is 9.73. The van der Waals surface area contributed by atoms with Crippen LogP contribution in [0.4, 0.5) is 0 Å². The Morgan fingerprint density at radius 2 is 0.783 bits per heavy atom. The van der Waals surface area contributed by atoms with Crippen LogP contribution < -0.4 is 0 Å². The van der Waals surface area contributed by atoms with Crippen LogP contribution >= 0.6 is 0 Å². The molecule has 0 atom stereocenters. The van der Waals surface area contributed by atoms with E-state index in [0.29, 0.717) is 30.8 Å². The molecule has 0 saturated carbocycles. The van der Waals surface area contributed by atoms with Crippen LogP contribution in [0.15, 0.2) is 0 Å². The highest BCUT2D eigenvalue weighted by molar-refractivity contribution is 5.84. The Labute approximate surface area is 145 Å². The Hall–Kier alpha value is -0.660.